The topological polar surface area (TPSA) is 68.9 Å². The zero-order valence-electron chi connectivity index (χ0n) is 10.4. The molecule has 0 saturated carbocycles. The smallest absolute Gasteiger partial charge is 0.323 e. The Bertz CT molecular complexity index is 755. The highest BCUT2D eigenvalue weighted by atomic mass is 32.1. The van der Waals surface area contributed by atoms with Gasteiger partial charge in [-0.1, -0.05) is 6.07 Å². The first-order valence-electron chi connectivity index (χ1n) is 6.06. The van der Waals surface area contributed by atoms with Crippen LogP contribution in [0.3, 0.4) is 0 Å². The highest BCUT2D eigenvalue weighted by Gasteiger charge is 2.13. The van der Waals surface area contributed by atoms with Gasteiger partial charge in [-0.15, -0.1) is 11.3 Å². The fourth-order valence-electron chi connectivity index (χ4n) is 2.30. The molecule has 4 nitrogen and oxygen atoms in total. The lowest BCUT2D eigenvalue weighted by atomic mass is 10.00. The van der Waals surface area contributed by atoms with Gasteiger partial charge in [-0.3, -0.25) is 0 Å². The van der Waals surface area contributed by atoms with Gasteiger partial charge < -0.3 is 15.1 Å². The molecule has 0 aliphatic carbocycles. The maximum absolute atomic E-state index is 11.3. The predicted octanol–water partition coefficient (Wildman–Crippen LogP) is 2.50. The number of nitrogens with one attached hydrogen (secondary N) is 2. The predicted molar refractivity (Wildman–Crippen MR) is 76.6 cm³/mol. The molecule has 0 bridgehead atoms. The summed E-state index contributed by atoms with van der Waals surface area (Å²) in [4.78, 5) is 17.9. The molecule has 2 heterocycles. The first-order chi connectivity index (χ1) is 9.13. The molecule has 3 N–H and O–H groups in total. The van der Waals surface area contributed by atoms with Crippen LogP contribution in [-0.2, 0) is 6.42 Å². The average molecular weight is 274 g/mol. The summed E-state index contributed by atoms with van der Waals surface area (Å²) in [6, 6.07) is 7.73. The van der Waals surface area contributed by atoms with Gasteiger partial charge in [0.25, 0.3) is 0 Å². The van der Waals surface area contributed by atoms with Crippen molar-refractivity contribution in [2.75, 3.05) is 0 Å². The lowest BCUT2D eigenvalue weighted by molar-refractivity contribution is 0.179. The molecule has 1 unspecified atom stereocenters. The number of H-pyrrole nitrogens is 2. The van der Waals surface area contributed by atoms with Crippen molar-refractivity contribution in [1.29, 1.82) is 0 Å². The first kappa shape index (κ1) is 12.2. The number of thiophene rings is 1. The molecular weight excluding hydrogens is 260 g/mol. The summed E-state index contributed by atoms with van der Waals surface area (Å²) < 4.78 is 0. The largest absolute Gasteiger partial charge is 0.388 e. The van der Waals surface area contributed by atoms with Crippen LogP contribution < -0.4 is 5.69 Å². The van der Waals surface area contributed by atoms with Gasteiger partial charge in [-0.25, -0.2) is 4.79 Å². The first-order valence-corrected chi connectivity index (χ1v) is 6.94. The zero-order valence-corrected chi connectivity index (χ0v) is 11.3. The normalized spacial score (nSPS) is 12.9. The van der Waals surface area contributed by atoms with Crippen molar-refractivity contribution in [3.05, 3.63) is 56.1 Å². The van der Waals surface area contributed by atoms with Gasteiger partial charge >= 0.3 is 5.69 Å². The van der Waals surface area contributed by atoms with Crippen LogP contribution in [-0.4, -0.2) is 15.1 Å². The van der Waals surface area contributed by atoms with Crippen LogP contribution in [0, 0.1) is 6.92 Å². The number of aromatic amines is 2. The molecule has 0 saturated heterocycles. The Morgan fingerprint density at radius 2 is 2.05 bits per heavy atom. The Labute approximate surface area is 113 Å². The molecule has 0 spiro atoms. The lowest BCUT2D eigenvalue weighted by Gasteiger charge is -2.13. The van der Waals surface area contributed by atoms with Gasteiger partial charge in [0.05, 0.1) is 17.1 Å². The minimum Gasteiger partial charge on any atom is -0.388 e. The number of aryl methyl sites for hydroxylation is 1. The number of imidazole rings is 1. The number of fused-ring (bicyclic) bond motifs is 1. The molecule has 2 aromatic heterocycles. The second-order valence-corrected chi connectivity index (χ2v) is 5.67. The summed E-state index contributed by atoms with van der Waals surface area (Å²) in [6.45, 7) is 1.94. The van der Waals surface area contributed by atoms with Crippen molar-refractivity contribution in [2.45, 2.75) is 19.4 Å². The van der Waals surface area contributed by atoms with E-state index in [-0.39, 0.29) is 5.69 Å². The van der Waals surface area contributed by atoms with Crippen molar-refractivity contribution in [3.63, 3.8) is 0 Å². The Kier molecular flexibility index (Phi) is 3.00. The van der Waals surface area contributed by atoms with Crippen LogP contribution in [0.4, 0.5) is 0 Å². The molecule has 1 atom stereocenters. The number of aromatic nitrogens is 2. The summed E-state index contributed by atoms with van der Waals surface area (Å²) in [5.41, 5.74) is 3.12. The van der Waals surface area contributed by atoms with Gasteiger partial charge in [0.2, 0.25) is 0 Å². The van der Waals surface area contributed by atoms with E-state index in [9.17, 15) is 9.90 Å². The summed E-state index contributed by atoms with van der Waals surface area (Å²) in [5.74, 6) is 0. The third-order valence-corrected chi connectivity index (χ3v) is 4.13. The van der Waals surface area contributed by atoms with E-state index in [2.05, 4.69) is 9.97 Å². The minimum atomic E-state index is -0.554. The zero-order chi connectivity index (χ0) is 13.4. The van der Waals surface area contributed by atoms with Crippen molar-refractivity contribution in [2.24, 2.45) is 0 Å². The number of hydrogen-bond donors (Lipinski definition) is 3. The number of hydrogen-bond acceptors (Lipinski definition) is 3. The molecule has 0 aliphatic rings. The molecule has 0 radical (unpaired) electrons. The van der Waals surface area contributed by atoms with Crippen molar-refractivity contribution >= 4 is 22.4 Å². The van der Waals surface area contributed by atoms with E-state index in [4.69, 9.17) is 0 Å². The second kappa shape index (κ2) is 4.68. The van der Waals surface area contributed by atoms with E-state index in [1.807, 2.05) is 36.6 Å². The minimum absolute atomic E-state index is 0.223. The third kappa shape index (κ3) is 2.34. The highest BCUT2D eigenvalue weighted by Crippen LogP contribution is 2.26. The van der Waals surface area contributed by atoms with E-state index >= 15 is 0 Å². The number of rotatable bonds is 3. The van der Waals surface area contributed by atoms with Crippen molar-refractivity contribution in [1.82, 2.24) is 9.97 Å². The maximum atomic E-state index is 11.3. The molecule has 0 amide bonds. The number of aliphatic hydroxyl groups excluding tert-OH is 1. The molecular formula is C14H14N2O2S. The Morgan fingerprint density at radius 3 is 2.74 bits per heavy atom. The van der Waals surface area contributed by atoms with Crippen LogP contribution in [0.5, 0.6) is 0 Å². The molecule has 5 heteroatoms. The lowest BCUT2D eigenvalue weighted by Crippen LogP contribution is -2.03. The van der Waals surface area contributed by atoms with E-state index in [1.165, 1.54) is 0 Å². The molecule has 19 heavy (non-hydrogen) atoms. The van der Waals surface area contributed by atoms with Gasteiger partial charge in [-0.2, -0.15) is 0 Å². The van der Waals surface area contributed by atoms with E-state index in [0.717, 1.165) is 27.0 Å². The molecule has 0 fully saturated rings. The standard InChI is InChI=1S/C14H14N2O2S/c1-8-5-11-12(16-14(18)15-11)7-10(8)13(17)6-9-3-2-4-19-9/h2-5,7,13,17H,6H2,1H3,(H2,15,16,18). The fraction of sp³-hybridized carbons (Fsp3) is 0.214. The average Bonchev–Trinajstić information content (AvgIpc) is 2.96. The summed E-state index contributed by atoms with van der Waals surface area (Å²) in [5, 5.41) is 12.3. The van der Waals surface area contributed by atoms with Crippen molar-refractivity contribution < 1.29 is 5.11 Å². The van der Waals surface area contributed by atoms with Crippen LogP contribution >= 0.6 is 11.3 Å². The van der Waals surface area contributed by atoms with E-state index < -0.39 is 6.10 Å². The van der Waals surface area contributed by atoms with Gasteiger partial charge in [-0.05, 0) is 41.6 Å². The maximum Gasteiger partial charge on any atom is 0.323 e. The van der Waals surface area contributed by atoms with E-state index in [1.54, 1.807) is 11.3 Å². The summed E-state index contributed by atoms with van der Waals surface area (Å²) in [6.07, 6.45) is 0.0417. The molecule has 3 aromatic rings. The van der Waals surface area contributed by atoms with Gasteiger partial charge in [0, 0.05) is 11.3 Å². The van der Waals surface area contributed by atoms with Crippen LogP contribution in [0.15, 0.2) is 34.4 Å². The van der Waals surface area contributed by atoms with Gasteiger partial charge in [0.1, 0.15) is 0 Å². The van der Waals surface area contributed by atoms with Crippen molar-refractivity contribution in [3.8, 4) is 0 Å². The Balaban J connectivity index is 1.99. The van der Waals surface area contributed by atoms with E-state index in [0.29, 0.717) is 6.42 Å². The highest BCUT2D eigenvalue weighted by molar-refractivity contribution is 7.09. The molecule has 3 rings (SSSR count). The summed E-state index contributed by atoms with van der Waals surface area (Å²) >= 11 is 1.64. The van der Waals surface area contributed by atoms with Crippen LogP contribution in [0.2, 0.25) is 0 Å². The SMILES string of the molecule is Cc1cc2[nH]c(=O)[nH]c2cc1C(O)Cc1cccs1. The molecule has 1 aromatic carbocycles. The number of benzene rings is 1. The second-order valence-electron chi connectivity index (χ2n) is 4.63. The quantitative estimate of drug-likeness (QED) is 0.687. The monoisotopic (exact) mass is 274 g/mol. The molecule has 98 valence electrons. The van der Waals surface area contributed by atoms with Crippen LogP contribution in [0.25, 0.3) is 11.0 Å². The third-order valence-electron chi connectivity index (χ3n) is 3.24. The summed E-state index contributed by atoms with van der Waals surface area (Å²) in [7, 11) is 0. The van der Waals surface area contributed by atoms with Gasteiger partial charge in [0.15, 0.2) is 0 Å². The Hall–Kier alpha value is -1.85. The fourth-order valence-corrected chi connectivity index (χ4v) is 3.04. The number of aliphatic hydroxyl groups is 1. The molecule has 0 aliphatic heterocycles. The Morgan fingerprint density at radius 1 is 1.32 bits per heavy atom. The van der Waals surface area contributed by atoms with Crippen LogP contribution in [0.1, 0.15) is 22.1 Å².